The molecule has 25 heavy (non-hydrogen) atoms. The Hall–Kier alpha value is -2.48. The van der Waals surface area contributed by atoms with Gasteiger partial charge >= 0.3 is 0 Å². The number of phenols is 1. The lowest BCUT2D eigenvalue weighted by Gasteiger charge is -2.33. The van der Waals surface area contributed by atoms with Gasteiger partial charge in [-0.1, -0.05) is 32.9 Å². The lowest BCUT2D eigenvalue weighted by molar-refractivity contribution is -0.117. The number of carbonyl (C=O) groups excluding carboxylic acids is 1. The van der Waals surface area contributed by atoms with Crippen LogP contribution in [0.25, 0.3) is 0 Å². The van der Waals surface area contributed by atoms with E-state index in [-0.39, 0.29) is 28.2 Å². The van der Waals surface area contributed by atoms with Crippen molar-refractivity contribution in [1.82, 2.24) is 10.6 Å². The zero-order valence-electron chi connectivity index (χ0n) is 15.8. The molecule has 1 amide bonds. The molecule has 3 N–H and O–H groups in total. The van der Waals surface area contributed by atoms with Crippen molar-refractivity contribution >= 4 is 5.91 Å². The second kappa shape index (κ2) is 8.57. The molecule has 0 atom stereocenters. The number of hydrogen-bond donors (Lipinski definition) is 3. The molecule has 0 heterocycles. The quantitative estimate of drug-likeness (QED) is 0.524. The minimum atomic E-state index is -0.389. The number of nitrogens with one attached hydrogen (secondary N) is 2. The van der Waals surface area contributed by atoms with Crippen molar-refractivity contribution in [2.45, 2.75) is 53.0 Å². The number of benzene rings is 1. The third-order valence-corrected chi connectivity index (χ3v) is 3.58. The van der Waals surface area contributed by atoms with Crippen molar-refractivity contribution in [3.63, 3.8) is 0 Å². The fourth-order valence-corrected chi connectivity index (χ4v) is 2.87. The van der Waals surface area contributed by atoms with Crippen LogP contribution < -0.4 is 10.6 Å². The highest BCUT2D eigenvalue weighted by atomic mass is 16.3. The summed E-state index contributed by atoms with van der Waals surface area (Å²) in [4.78, 5) is 12.1. The van der Waals surface area contributed by atoms with Gasteiger partial charge in [-0.3, -0.25) is 4.79 Å². The maximum Gasteiger partial charge on any atom is 0.263 e. The van der Waals surface area contributed by atoms with Gasteiger partial charge in [0.1, 0.15) is 17.4 Å². The summed E-state index contributed by atoms with van der Waals surface area (Å²) in [6.07, 6.45) is 3.03. The fraction of sp³-hybridized carbons (Fsp3) is 0.500. The van der Waals surface area contributed by atoms with Crippen LogP contribution in [0.1, 0.15) is 46.6 Å². The first-order chi connectivity index (χ1) is 11.5. The van der Waals surface area contributed by atoms with Gasteiger partial charge in [0.2, 0.25) is 0 Å². The molecule has 1 rings (SSSR count). The molecule has 0 saturated heterocycles. The number of aromatic hydroxyl groups is 1. The molecule has 0 unspecified atom stereocenters. The van der Waals surface area contributed by atoms with Crippen LogP contribution in [0.2, 0.25) is 0 Å². The Labute approximate surface area is 150 Å². The first-order valence-corrected chi connectivity index (χ1v) is 8.46. The Bertz CT molecular complexity index is 647. The average Bonchev–Trinajstić information content (AvgIpc) is 2.47. The monoisotopic (exact) mass is 343 g/mol. The van der Waals surface area contributed by atoms with Crippen LogP contribution in [0.15, 0.2) is 36.0 Å². The van der Waals surface area contributed by atoms with Gasteiger partial charge in [-0.15, -0.1) is 0 Å². The molecule has 0 bridgehead atoms. The van der Waals surface area contributed by atoms with Gasteiger partial charge in [-0.25, -0.2) is 0 Å². The summed E-state index contributed by atoms with van der Waals surface area (Å²) in [7, 11) is 0. The zero-order valence-corrected chi connectivity index (χ0v) is 15.8. The van der Waals surface area contributed by atoms with Crippen LogP contribution in [0, 0.1) is 16.7 Å². The number of rotatable bonds is 7. The van der Waals surface area contributed by atoms with Crippen LogP contribution in [0.3, 0.4) is 0 Å². The second-order valence-corrected chi connectivity index (χ2v) is 8.11. The van der Waals surface area contributed by atoms with Crippen molar-refractivity contribution in [2.75, 3.05) is 6.54 Å². The second-order valence-electron chi connectivity index (χ2n) is 8.11. The average molecular weight is 343 g/mol. The Balaban J connectivity index is 2.56. The van der Waals surface area contributed by atoms with Crippen LogP contribution in [-0.2, 0) is 11.2 Å². The zero-order chi connectivity index (χ0) is 19.1. The number of nitrogens with zero attached hydrogens (tertiary/aromatic N) is 1. The Kier molecular flexibility index (Phi) is 7.05. The topological polar surface area (TPSA) is 85.2 Å². The largest absolute Gasteiger partial charge is 0.508 e. The van der Waals surface area contributed by atoms with E-state index in [0.29, 0.717) is 13.0 Å². The van der Waals surface area contributed by atoms with Gasteiger partial charge in [0.15, 0.2) is 0 Å². The van der Waals surface area contributed by atoms with E-state index in [0.717, 1.165) is 12.0 Å². The third kappa shape index (κ3) is 8.25. The highest BCUT2D eigenvalue weighted by molar-refractivity contribution is 5.97. The molecular formula is C20H29N3O2. The van der Waals surface area contributed by atoms with Gasteiger partial charge in [0.25, 0.3) is 5.91 Å². The molecule has 1 aromatic rings. The van der Waals surface area contributed by atoms with E-state index in [1.807, 2.05) is 19.9 Å². The van der Waals surface area contributed by atoms with Gasteiger partial charge in [0, 0.05) is 18.3 Å². The lowest BCUT2D eigenvalue weighted by atomic mass is 9.82. The number of nitriles is 1. The number of hydrogen-bond acceptors (Lipinski definition) is 4. The normalized spacial score (nSPS) is 12.4. The highest BCUT2D eigenvalue weighted by Gasteiger charge is 2.24. The summed E-state index contributed by atoms with van der Waals surface area (Å²) in [6.45, 7) is 11.0. The standard InChI is InChI=1S/C20H29N3O2/c1-19(2,3)14-20(4,5)23-13-16(12-21)18(25)22-11-10-15-6-8-17(24)9-7-15/h6-9,13,23-24H,10-11,14H2,1-5H3,(H,22,25)/b16-13-. The molecule has 0 spiro atoms. The summed E-state index contributed by atoms with van der Waals surface area (Å²) >= 11 is 0. The lowest BCUT2D eigenvalue weighted by Crippen LogP contribution is -2.40. The molecule has 0 aliphatic rings. The molecule has 0 aliphatic carbocycles. The predicted octanol–water partition coefficient (Wildman–Crippen LogP) is 3.26. The van der Waals surface area contributed by atoms with E-state index in [9.17, 15) is 15.2 Å². The minimum absolute atomic E-state index is 0.0627. The summed E-state index contributed by atoms with van der Waals surface area (Å²) < 4.78 is 0. The Morgan fingerprint density at radius 3 is 2.32 bits per heavy atom. The van der Waals surface area contributed by atoms with Gasteiger partial charge < -0.3 is 15.7 Å². The molecule has 136 valence electrons. The first-order valence-electron chi connectivity index (χ1n) is 8.46. The molecule has 0 aromatic heterocycles. The summed E-state index contributed by atoms with van der Waals surface area (Å²) in [6, 6.07) is 8.78. The van der Waals surface area contributed by atoms with E-state index < -0.39 is 0 Å². The Morgan fingerprint density at radius 1 is 1.20 bits per heavy atom. The van der Waals surface area contributed by atoms with Crippen molar-refractivity contribution < 1.29 is 9.90 Å². The molecular weight excluding hydrogens is 314 g/mol. The van der Waals surface area contributed by atoms with Crippen LogP contribution in [-0.4, -0.2) is 23.1 Å². The van der Waals surface area contributed by atoms with Gasteiger partial charge in [0.05, 0.1) is 0 Å². The number of amides is 1. The molecule has 5 nitrogen and oxygen atoms in total. The maximum absolute atomic E-state index is 12.1. The summed E-state index contributed by atoms with van der Waals surface area (Å²) in [5.74, 6) is -0.174. The van der Waals surface area contributed by atoms with E-state index in [1.54, 1.807) is 24.3 Å². The summed E-state index contributed by atoms with van der Waals surface area (Å²) in [5, 5.41) is 24.4. The molecule has 0 fully saturated rings. The highest BCUT2D eigenvalue weighted by Crippen LogP contribution is 2.26. The van der Waals surface area contributed by atoms with E-state index >= 15 is 0 Å². The van der Waals surface area contributed by atoms with Crippen LogP contribution in [0.4, 0.5) is 0 Å². The first kappa shape index (κ1) is 20.6. The molecule has 0 aliphatic heterocycles. The van der Waals surface area contributed by atoms with Crippen molar-refractivity contribution in [3.05, 3.63) is 41.6 Å². The number of carbonyl (C=O) groups is 1. The molecule has 0 saturated carbocycles. The van der Waals surface area contributed by atoms with Gasteiger partial charge in [-0.2, -0.15) is 5.26 Å². The molecule has 1 aromatic carbocycles. The maximum atomic E-state index is 12.1. The van der Waals surface area contributed by atoms with E-state index in [4.69, 9.17) is 0 Å². The Morgan fingerprint density at radius 2 is 1.80 bits per heavy atom. The smallest absolute Gasteiger partial charge is 0.263 e. The number of phenolic OH excluding ortho intramolecular Hbond substituents is 1. The van der Waals surface area contributed by atoms with Crippen molar-refractivity contribution in [1.29, 1.82) is 5.26 Å². The minimum Gasteiger partial charge on any atom is -0.508 e. The van der Waals surface area contributed by atoms with Crippen molar-refractivity contribution in [2.24, 2.45) is 5.41 Å². The molecule has 5 heteroatoms. The van der Waals surface area contributed by atoms with Crippen LogP contribution in [0.5, 0.6) is 5.75 Å². The van der Waals surface area contributed by atoms with Gasteiger partial charge in [-0.05, 0) is 49.8 Å². The van der Waals surface area contributed by atoms with Crippen molar-refractivity contribution in [3.8, 4) is 11.8 Å². The summed E-state index contributed by atoms with van der Waals surface area (Å²) in [5.41, 5.74) is 0.994. The predicted molar refractivity (Wildman–Crippen MR) is 99.8 cm³/mol. The van der Waals surface area contributed by atoms with E-state index in [2.05, 4.69) is 31.4 Å². The SMILES string of the molecule is CC(C)(C)CC(C)(C)N/C=C(/C#N)C(=O)NCCc1ccc(O)cc1. The van der Waals surface area contributed by atoms with Crippen LogP contribution >= 0.6 is 0 Å². The molecule has 0 radical (unpaired) electrons. The van der Waals surface area contributed by atoms with E-state index in [1.165, 1.54) is 6.20 Å². The fourth-order valence-electron chi connectivity index (χ4n) is 2.87. The third-order valence-electron chi connectivity index (χ3n) is 3.58.